The summed E-state index contributed by atoms with van der Waals surface area (Å²) >= 11 is 5.77. The summed E-state index contributed by atoms with van der Waals surface area (Å²) in [5, 5.41) is 11.1. The maximum absolute atomic E-state index is 11.9. The van der Waals surface area contributed by atoms with Crippen LogP contribution in [0.4, 0.5) is 0 Å². The molecule has 7 nitrogen and oxygen atoms in total. The van der Waals surface area contributed by atoms with Crippen LogP contribution < -0.4 is 5.32 Å². The molecule has 0 bridgehead atoms. The Morgan fingerprint density at radius 1 is 1.43 bits per heavy atom. The number of aliphatic carboxylic acids is 1. The molecule has 0 saturated carbocycles. The predicted octanol–water partition coefficient (Wildman–Crippen LogP) is 0.573. The number of carbonyl (C=O) groups excluding carboxylic acids is 1. The van der Waals surface area contributed by atoms with E-state index < -0.39 is 27.8 Å². The Morgan fingerprint density at radius 3 is 2.52 bits per heavy atom. The summed E-state index contributed by atoms with van der Waals surface area (Å²) in [5.74, 6) is -1.84. The predicted molar refractivity (Wildman–Crippen MR) is 75.3 cm³/mol. The number of rotatable bonds is 6. The molecule has 1 amide bonds. The van der Waals surface area contributed by atoms with E-state index in [0.29, 0.717) is 0 Å². The first-order chi connectivity index (χ1) is 9.66. The fraction of sp³-hybridized carbons (Fsp3) is 0.333. The molecule has 1 atom stereocenters. The number of halogens is 1. The van der Waals surface area contributed by atoms with Crippen LogP contribution in [-0.4, -0.2) is 51.4 Å². The quantitative estimate of drug-likeness (QED) is 0.786. The van der Waals surface area contributed by atoms with Crippen molar-refractivity contribution in [1.29, 1.82) is 0 Å². The average Bonchev–Trinajstić information content (AvgIpc) is 2.37. The first-order valence-corrected chi connectivity index (χ1v) is 7.97. The Labute approximate surface area is 126 Å². The van der Waals surface area contributed by atoms with Gasteiger partial charge in [-0.1, -0.05) is 11.6 Å². The number of hydrogen-bond donors (Lipinski definition) is 2. The van der Waals surface area contributed by atoms with Gasteiger partial charge in [-0.05, 0) is 18.2 Å². The van der Waals surface area contributed by atoms with Crippen LogP contribution in [0.2, 0.25) is 5.02 Å². The van der Waals surface area contributed by atoms with E-state index in [1.165, 1.54) is 19.2 Å². The van der Waals surface area contributed by atoms with Gasteiger partial charge in [-0.2, -0.15) is 0 Å². The fourth-order valence-corrected chi connectivity index (χ4v) is 2.79. The second-order valence-electron chi connectivity index (χ2n) is 4.19. The summed E-state index contributed by atoms with van der Waals surface area (Å²) in [6, 6.07) is 3.77. The van der Waals surface area contributed by atoms with Gasteiger partial charge in [0.2, 0.25) is 0 Å². The SMILES string of the molecule is COC(CNC(=O)c1ccc(Cl)c(S(C)(=O)=O)c1)C(=O)O. The van der Waals surface area contributed by atoms with E-state index in [2.05, 4.69) is 10.1 Å². The lowest BCUT2D eigenvalue weighted by atomic mass is 10.2. The third-order valence-electron chi connectivity index (χ3n) is 2.60. The van der Waals surface area contributed by atoms with Gasteiger partial charge in [0, 0.05) is 18.9 Å². The molecule has 2 N–H and O–H groups in total. The number of amides is 1. The minimum atomic E-state index is -3.57. The van der Waals surface area contributed by atoms with Crippen molar-refractivity contribution in [3.05, 3.63) is 28.8 Å². The van der Waals surface area contributed by atoms with Gasteiger partial charge in [0.15, 0.2) is 15.9 Å². The van der Waals surface area contributed by atoms with Crippen LogP contribution in [0, 0.1) is 0 Å². The number of carboxylic acids is 1. The molecule has 116 valence electrons. The zero-order valence-electron chi connectivity index (χ0n) is 11.3. The summed E-state index contributed by atoms with van der Waals surface area (Å²) in [7, 11) is -2.37. The van der Waals surface area contributed by atoms with Gasteiger partial charge < -0.3 is 15.2 Å². The first kappa shape index (κ1) is 17.4. The van der Waals surface area contributed by atoms with Crippen LogP contribution in [-0.2, 0) is 19.4 Å². The summed E-state index contributed by atoms with van der Waals surface area (Å²) in [5.41, 5.74) is 0.0556. The highest BCUT2D eigenvalue weighted by atomic mass is 35.5. The van der Waals surface area contributed by atoms with E-state index in [4.69, 9.17) is 16.7 Å². The number of carboxylic acid groups (broad SMARTS) is 1. The number of carbonyl (C=O) groups is 2. The molecule has 0 aliphatic heterocycles. The fourth-order valence-electron chi connectivity index (χ4n) is 1.49. The molecule has 0 aliphatic carbocycles. The van der Waals surface area contributed by atoms with Gasteiger partial charge in [0.25, 0.3) is 5.91 Å². The van der Waals surface area contributed by atoms with E-state index in [1.54, 1.807) is 0 Å². The molecule has 0 aliphatic rings. The van der Waals surface area contributed by atoms with Crippen LogP contribution in [0.15, 0.2) is 23.1 Å². The second kappa shape index (κ2) is 6.88. The standard InChI is InChI=1S/C12H14ClNO6S/c1-20-9(12(16)17)6-14-11(15)7-3-4-8(13)10(5-7)21(2,18)19/h3-5,9H,6H2,1-2H3,(H,14,15)(H,16,17). The monoisotopic (exact) mass is 335 g/mol. The molecule has 0 heterocycles. The van der Waals surface area contributed by atoms with Crippen molar-refractivity contribution in [3.63, 3.8) is 0 Å². The van der Waals surface area contributed by atoms with Crippen LogP contribution in [0.25, 0.3) is 0 Å². The Kier molecular flexibility index (Phi) is 5.70. The topological polar surface area (TPSA) is 110 Å². The third kappa shape index (κ3) is 4.69. The second-order valence-corrected chi connectivity index (χ2v) is 6.58. The van der Waals surface area contributed by atoms with Crippen molar-refractivity contribution in [2.24, 2.45) is 0 Å². The molecular formula is C12H14ClNO6S. The van der Waals surface area contributed by atoms with Crippen molar-refractivity contribution >= 4 is 33.3 Å². The zero-order chi connectivity index (χ0) is 16.2. The molecule has 0 spiro atoms. The van der Waals surface area contributed by atoms with Crippen molar-refractivity contribution in [2.75, 3.05) is 19.9 Å². The van der Waals surface area contributed by atoms with Gasteiger partial charge in [0.05, 0.1) is 16.5 Å². The number of methoxy groups -OCH3 is 1. The Balaban J connectivity index is 2.92. The number of hydrogen-bond acceptors (Lipinski definition) is 5. The Bertz CT molecular complexity index is 658. The van der Waals surface area contributed by atoms with Gasteiger partial charge in [-0.3, -0.25) is 4.79 Å². The lowest BCUT2D eigenvalue weighted by Crippen LogP contribution is -2.37. The number of nitrogens with one attached hydrogen (secondary N) is 1. The third-order valence-corrected chi connectivity index (χ3v) is 4.18. The van der Waals surface area contributed by atoms with Crippen LogP contribution >= 0.6 is 11.6 Å². The summed E-state index contributed by atoms with van der Waals surface area (Å²) < 4.78 is 27.7. The summed E-state index contributed by atoms with van der Waals surface area (Å²) in [6.07, 6.45) is -0.211. The van der Waals surface area contributed by atoms with Gasteiger partial charge in [-0.15, -0.1) is 0 Å². The smallest absolute Gasteiger partial charge is 0.334 e. The number of benzene rings is 1. The lowest BCUT2D eigenvalue weighted by Gasteiger charge is -2.12. The van der Waals surface area contributed by atoms with Crippen molar-refractivity contribution < 1.29 is 27.9 Å². The molecule has 1 unspecified atom stereocenters. The molecule has 9 heteroatoms. The largest absolute Gasteiger partial charge is 0.479 e. The molecule has 1 aromatic rings. The lowest BCUT2D eigenvalue weighted by molar-refractivity contribution is -0.148. The minimum Gasteiger partial charge on any atom is -0.479 e. The van der Waals surface area contributed by atoms with E-state index in [-0.39, 0.29) is 22.0 Å². The van der Waals surface area contributed by atoms with Crippen LogP contribution in [0.5, 0.6) is 0 Å². The number of sulfone groups is 1. The van der Waals surface area contributed by atoms with E-state index in [1.807, 2.05) is 0 Å². The van der Waals surface area contributed by atoms with E-state index in [0.717, 1.165) is 12.3 Å². The maximum Gasteiger partial charge on any atom is 0.334 e. The van der Waals surface area contributed by atoms with E-state index in [9.17, 15) is 18.0 Å². The zero-order valence-corrected chi connectivity index (χ0v) is 12.9. The normalized spacial score (nSPS) is 12.7. The summed E-state index contributed by atoms with van der Waals surface area (Å²) in [6.45, 7) is -0.249. The molecule has 1 rings (SSSR count). The van der Waals surface area contributed by atoms with Gasteiger partial charge in [-0.25, -0.2) is 13.2 Å². The molecule has 1 aromatic carbocycles. The Hall–Kier alpha value is -1.64. The van der Waals surface area contributed by atoms with Crippen molar-refractivity contribution in [3.8, 4) is 0 Å². The van der Waals surface area contributed by atoms with Gasteiger partial charge in [0.1, 0.15) is 0 Å². The summed E-state index contributed by atoms with van der Waals surface area (Å²) in [4.78, 5) is 22.4. The highest BCUT2D eigenvalue weighted by molar-refractivity contribution is 7.90. The molecular weight excluding hydrogens is 322 g/mol. The Morgan fingerprint density at radius 2 is 2.05 bits per heavy atom. The van der Waals surface area contributed by atoms with Gasteiger partial charge >= 0.3 is 5.97 Å². The maximum atomic E-state index is 11.9. The average molecular weight is 336 g/mol. The molecule has 0 saturated heterocycles. The van der Waals surface area contributed by atoms with Crippen LogP contribution in [0.1, 0.15) is 10.4 Å². The molecule has 0 fully saturated rings. The van der Waals surface area contributed by atoms with E-state index >= 15 is 0 Å². The molecule has 21 heavy (non-hydrogen) atoms. The first-order valence-electron chi connectivity index (χ1n) is 5.70. The molecule has 0 radical (unpaired) electrons. The van der Waals surface area contributed by atoms with Crippen molar-refractivity contribution in [1.82, 2.24) is 5.32 Å². The highest BCUT2D eigenvalue weighted by Crippen LogP contribution is 2.22. The molecule has 0 aromatic heterocycles. The van der Waals surface area contributed by atoms with Crippen LogP contribution in [0.3, 0.4) is 0 Å². The van der Waals surface area contributed by atoms with Crippen molar-refractivity contribution in [2.45, 2.75) is 11.0 Å². The highest BCUT2D eigenvalue weighted by Gasteiger charge is 2.19. The number of ether oxygens (including phenoxy) is 1. The minimum absolute atomic E-state index is 0.00866.